The first kappa shape index (κ1) is 15.0. The van der Waals surface area contributed by atoms with Gasteiger partial charge in [-0.15, -0.1) is 0 Å². The second-order valence-corrected chi connectivity index (χ2v) is 4.01. The summed E-state index contributed by atoms with van der Waals surface area (Å²) in [7, 11) is 2.98. The molecule has 19 heavy (non-hydrogen) atoms. The van der Waals surface area contributed by atoms with Gasteiger partial charge in [-0.3, -0.25) is 9.59 Å². The van der Waals surface area contributed by atoms with Gasteiger partial charge in [0.2, 0.25) is 11.8 Å². The van der Waals surface area contributed by atoms with Crippen molar-refractivity contribution in [3.05, 3.63) is 29.8 Å². The van der Waals surface area contributed by atoms with Crippen LogP contribution < -0.4 is 15.8 Å². The molecule has 2 amide bonds. The van der Waals surface area contributed by atoms with Crippen molar-refractivity contribution in [1.82, 2.24) is 5.32 Å². The fourth-order valence-electron chi connectivity index (χ4n) is 1.59. The third-order valence-electron chi connectivity index (χ3n) is 2.55. The van der Waals surface area contributed by atoms with Crippen LogP contribution in [0.25, 0.3) is 0 Å². The van der Waals surface area contributed by atoms with E-state index in [-0.39, 0.29) is 12.5 Å². The Labute approximate surface area is 111 Å². The second kappa shape index (κ2) is 7.38. The molecule has 0 radical (unpaired) electrons. The zero-order valence-corrected chi connectivity index (χ0v) is 11.0. The van der Waals surface area contributed by atoms with E-state index in [0.717, 1.165) is 11.3 Å². The highest BCUT2D eigenvalue weighted by atomic mass is 16.5. The van der Waals surface area contributed by atoms with Crippen LogP contribution in [0.1, 0.15) is 5.56 Å². The fourth-order valence-corrected chi connectivity index (χ4v) is 1.59. The summed E-state index contributed by atoms with van der Waals surface area (Å²) in [6, 6.07) is 6.44. The van der Waals surface area contributed by atoms with Crippen molar-refractivity contribution in [2.75, 3.05) is 20.8 Å². The van der Waals surface area contributed by atoms with Crippen LogP contribution in [0.4, 0.5) is 0 Å². The molecule has 6 nitrogen and oxygen atoms in total. The Kier molecular flexibility index (Phi) is 5.81. The summed E-state index contributed by atoms with van der Waals surface area (Å²) in [6.45, 7) is -0.105. The number of carbonyl (C=O) groups excluding carboxylic acids is 2. The molecule has 0 aliphatic rings. The highest BCUT2D eigenvalue weighted by Gasteiger charge is 2.18. The van der Waals surface area contributed by atoms with Gasteiger partial charge in [-0.1, -0.05) is 12.1 Å². The van der Waals surface area contributed by atoms with E-state index in [1.807, 2.05) is 12.1 Å². The quantitative estimate of drug-likeness (QED) is 0.718. The molecule has 0 aliphatic heterocycles. The summed E-state index contributed by atoms with van der Waals surface area (Å²) in [5.41, 5.74) is 6.14. The largest absolute Gasteiger partial charge is 0.497 e. The number of primary amides is 1. The number of benzene rings is 1. The number of methoxy groups -OCH3 is 2. The maximum Gasteiger partial charge on any atom is 0.246 e. The van der Waals surface area contributed by atoms with Crippen LogP contribution in [0, 0.1) is 0 Å². The lowest BCUT2D eigenvalue weighted by molar-refractivity contribution is -0.129. The molecule has 0 saturated carbocycles. The Balaban J connectivity index is 2.66. The van der Waals surface area contributed by atoms with E-state index in [1.165, 1.54) is 7.11 Å². The molecule has 0 saturated heterocycles. The minimum Gasteiger partial charge on any atom is -0.497 e. The van der Waals surface area contributed by atoms with E-state index in [0.29, 0.717) is 6.42 Å². The van der Waals surface area contributed by atoms with Crippen LogP contribution in [0.5, 0.6) is 5.75 Å². The van der Waals surface area contributed by atoms with Gasteiger partial charge in [0.1, 0.15) is 18.4 Å². The average molecular weight is 266 g/mol. The van der Waals surface area contributed by atoms with Crippen molar-refractivity contribution in [3.63, 3.8) is 0 Å². The Hall–Kier alpha value is -2.08. The number of hydrogen-bond acceptors (Lipinski definition) is 4. The average Bonchev–Trinajstić information content (AvgIpc) is 2.39. The number of hydrogen-bond donors (Lipinski definition) is 2. The molecule has 104 valence electrons. The van der Waals surface area contributed by atoms with Gasteiger partial charge in [0.05, 0.1) is 7.11 Å². The van der Waals surface area contributed by atoms with Gasteiger partial charge in [-0.25, -0.2) is 0 Å². The molecule has 0 aliphatic carbocycles. The number of nitrogens with two attached hydrogens (primary N) is 1. The molecule has 0 fully saturated rings. The van der Waals surface area contributed by atoms with Crippen molar-refractivity contribution in [1.29, 1.82) is 0 Å². The lowest BCUT2D eigenvalue weighted by atomic mass is 10.1. The van der Waals surface area contributed by atoms with Gasteiger partial charge in [-0.2, -0.15) is 0 Å². The lowest BCUT2D eigenvalue weighted by Gasteiger charge is -2.15. The summed E-state index contributed by atoms with van der Waals surface area (Å²) in [5.74, 6) is -0.233. The molecule has 1 atom stereocenters. The first-order valence-electron chi connectivity index (χ1n) is 5.77. The maximum absolute atomic E-state index is 11.4. The van der Waals surface area contributed by atoms with Crippen molar-refractivity contribution < 1.29 is 19.1 Å². The van der Waals surface area contributed by atoms with Crippen LogP contribution in [0.3, 0.4) is 0 Å². The SMILES string of the molecule is COCC(=O)N[C@@H](Cc1ccc(OC)cc1)C(N)=O. The van der Waals surface area contributed by atoms with E-state index in [1.54, 1.807) is 19.2 Å². The Morgan fingerprint density at radius 3 is 2.37 bits per heavy atom. The van der Waals surface area contributed by atoms with E-state index in [4.69, 9.17) is 10.5 Å². The van der Waals surface area contributed by atoms with Gasteiger partial charge in [0.15, 0.2) is 0 Å². The Bertz CT molecular complexity index is 431. The Morgan fingerprint density at radius 1 is 1.26 bits per heavy atom. The highest BCUT2D eigenvalue weighted by molar-refractivity contribution is 5.87. The third-order valence-corrected chi connectivity index (χ3v) is 2.55. The third kappa shape index (κ3) is 4.97. The van der Waals surface area contributed by atoms with Gasteiger partial charge < -0.3 is 20.5 Å². The molecule has 0 heterocycles. The number of amides is 2. The monoisotopic (exact) mass is 266 g/mol. The van der Waals surface area contributed by atoms with E-state index in [9.17, 15) is 9.59 Å². The molecular formula is C13H18N2O4. The zero-order chi connectivity index (χ0) is 14.3. The fraction of sp³-hybridized carbons (Fsp3) is 0.385. The normalized spacial score (nSPS) is 11.7. The maximum atomic E-state index is 11.4. The lowest BCUT2D eigenvalue weighted by Crippen LogP contribution is -2.46. The smallest absolute Gasteiger partial charge is 0.246 e. The molecule has 1 aromatic carbocycles. The molecule has 1 rings (SSSR count). The highest BCUT2D eigenvalue weighted by Crippen LogP contribution is 2.12. The number of nitrogens with one attached hydrogen (secondary N) is 1. The topological polar surface area (TPSA) is 90.7 Å². The summed E-state index contributed by atoms with van der Waals surface area (Å²) >= 11 is 0. The number of ether oxygens (including phenoxy) is 2. The molecule has 0 spiro atoms. The molecule has 0 unspecified atom stereocenters. The minimum absolute atomic E-state index is 0.105. The van der Waals surface area contributed by atoms with Crippen molar-refractivity contribution >= 4 is 11.8 Å². The van der Waals surface area contributed by atoms with Gasteiger partial charge in [0.25, 0.3) is 0 Å². The first-order valence-corrected chi connectivity index (χ1v) is 5.77. The summed E-state index contributed by atoms with van der Waals surface area (Å²) in [5, 5.41) is 2.52. The van der Waals surface area contributed by atoms with Crippen LogP contribution in [0.15, 0.2) is 24.3 Å². The van der Waals surface area contributed by atoms with E-state index in [2.05, 4.69) is 10.1 Å². The van der Waals surface area contributed by atoms with Gasteiger partial charge in [0, 0.05) is 13.5 Å². The predicted octanol–water partition coefficient (Wildman–Crippen LogP) is -0.146. The first-order chi connectivity index (χ1) is 9.06. The van der Waals surface area contributed by atoms with Crippen molar-refractivity contribution in [2.24, 2.45) is 5.73 Å². The zero-order valence-electron chi connectivity index (χ0n) is 11.0. The van der Waals surface area contributed by atoms with Gasteiger partial charge in [-0.05, 0) is 17.7 Å². The molecule has 0 aromatic heterocycles. The molecule has 6 heteroatoms. The van der Waals surface area contributed by atoms with E-state index >= 15 is 0 Å². The summed E-state index contributed by atoms with van der Waals surface area (Å²) in [6.07, 6.45) is 0.328. The van der Waals surface area contributed by atoms with Crippen LogP contribution in [0.2, 0.25) is 0 Å². The molecule has 3 N–H and O–H groups in total. The minimum atomic E-state index is -0.754. The standard InChI is InChI=1S/C13H18N2O4/c1-18-8-12(16)15-11(13(14)17)7-9-3-5-10(19-2)6-4-9/h3-6,11H,7-8H2,1-2H3,(H2,14,17)(H,15,16)/t11-/m0/s1. The van der Waals surface area contributed by atoms with Crippen LogP contribution >= 0.6 is 0 Å². The Morgan fingerprint density at radius 2 is 1.89 bits per heavy atom. The number of rotatable bonds is 7. The van der Waals surface area contributed by atoms with Crippen LogP contribution in [-0.2, 0) is 20.7 Å². The summed E-state index contributed by atoms with van der Waals surface area (Å²) < 4.78 is 9.72. The van der Waals surface area contributed by atoms with Crippen molar-refractivity contribution in [3.8, 4) is 5.75 Å². The number of carbonyl (C=O) groups is 2. The van der Waals surface area contributed by atoms with Gasteiger partial charge >= 0.3 is 0 Å². The van der Waals surface area contributed by atoms with E-state index < -0.39 is 11.9 Å². The van der Waals surface area contributed by atoms with Crippen LogP contribution in [-0.4, -0.2) is 38.7 Å². The predicted molar refractivity (Wildman–Crippen MR) is 69.7 cm³/mol. The summed E-state index contributed by atoms with van der Waals surface area (Å²) in [4.78, 5) is 22.7. The second-order valence-electron chi connectivity index (χ2n) is 4.01. The van der Waals surface area contributed by atoms with Crippen molar-refractivity contribution in [2.45, 2.75) is 12.5 Å². The molecule has 0 bridgehead atoms. The molecular weight excluding hydrogens is 248 g/mol. The molecule has 1 aromatic rings.